The molecule has 0 bridgehead atoms. The molecule has 0 aliphatic carbocycles. The Kier molecular flexibility index (Phi) is 4.00. The van der Waals surface area contributed by atoms with E-state index in [1.165, 1.54) is 0 Å². The van der Waals surface area contributed by atoms with Gasteiger partial charge in [0.05, 0.1) is 13.2 Å². The molecule has 6 nitrogen and oxygen atoms in total. The first-order chi connectivity index (χ1) is 9.31. The van der Waals surface area contributed by atoms with Crippen LogP contribution in [0, 0.1) is 0 Å². The zero-order valence-corrected chi connectivity index (χ0v) is 11.1. The number of piperidine rings is 1. The quantitative estimate of drug-likeness (QED) is 0.815. The largest absolute Gasteiger partial charge is 0.383 e. The molecule has 0 saturated carbocycles. The maximum Gasteiger partial charge on any atom is 0.280 e. The molecule has 0 aromatic carbocycles. The van der Waals surface area contributed by atoms with E-state index < -0.39 is 0 Å². The summed E-state index contributed by atoms with van der Waals surface area (Å²) in [6, 6.07) is 2.05. The summed E-state index contributed by atoms with van der Waals surface area (Å²) in [5.74, 6) is 1.16. The van der Waals surface area contributed by atoms with Crippen molar-refractivity contribution in [2.24, 2.45) is 0 Å². The van der Waals surface area contributed by atoms with Crippen LogP contribution in [0.15, 0.2) is 15.4 Å². The lowest BCUT2D eigenvalue weighted by Gasteiger charge is -2.34. The molecular formula is C13H21N3O3. The van der Waals surface area contributed by atoms with Gasteiger partial charge in [0.25, 0.3) is 5.56 Å². The van der Waals surface area contributed by atoms with Gasteiger partial charge in [-0.1, -0.05) is 0 Å². The van der Waals surface area contributed by atoms with Crippen LogP contribution in [0.4, 0.5) is 0 Å². The second kappa shape index (κ2) is 5.90. The minimum absolute atomic E-state index is 0.140. The van der Waals surface area contributed by atoms with E-state index in [9.17, 15) is 4.79 Å². The fourth-order valence-electron chi connectivity index (χ4n) is 3.00. The third kappa shape index (κ3) is 3.26. The third-order valence-corrected chi connectivity index (χ3v) is 4.02. The summed E-state index contributed by atoms with van der Waals surface area (Å²) in [5, 5.41) is 5.94. The molecule has 0 spiro atoms. The molecule has 2 N–H and O–H groups in total. The Balaban J connectivity index is 1.56. The molecule has 1 aromatic heterocycles. The summed E-state index contributed by atoms with van der Waals surface area (Å²) in [6.45, 7) is 5.74. The average molecular weight is 267 g/mol. The number of rotatable bonds is 3. The Morgan fingerprint density at radius 3 is 2.95 bits per heavy atom. The van der Waals surface area contributed by atoms with E-state index in [4.69, 9.17) is 9.26 Å². The number of aromatic nitrogens is 1. The first-order valence-electron chi connectivity index (χ1n) is 7.03. The minimum Gasteiger partial charge on any atom is -0.383 e. The Hall–Kier alpha value is -1.11. The molecule has 6 heteroatoms. The van der Waals surface area contributed by atoms with Crippen molar-refractivity contribution in [1.29, 1.82) is 0 Å². The number of hydrogen-bond donors (Lipinski definition) is 2. The molecule has 2 atom stereocenters. The maximum atomic E-state index is 11.1. The first-order valence-corrected chi connectivity index (χ1v) is 7.03. The van der Waals surface area contributed by atoms with Crippen LogP contribution < -0.4 is 10.9 Å². The average Bonchev–Trinajstić information content (AvgIpc) is 2.87. The smallest absolute Gasteiger partial charge is 0.280 e. The standard InChI is InChI=1S/C13H21N3O3/c17-13-8-12(19-15-13)10-1-2-14-11(7-10)9-16-3-5-18-6-4-16/h8,10-11,14H,1-7,9H2,(H,15,17). The number of nitrogens with zero attached hydrogens (tertiary/aromatic N) is 1. The van der Waals surface area contributed by atoms with Crippen LogP contribution in [0.1, 0.15) is 24.5 Å². The molecule has 2 aliphatic heterocycles. The highest BCUT2D eigenvalue weighted by Gasteiger charge is 2.27. The monoisotopic (exact) mass is 267 g/mol. The summed E-state index contributed by atoms with van der Waals surface area (Å²) in [5.41, 5.74) is -0.140. The molecule has 2 saturated heterocycles. The van der Waals surface area contributed by atoms with Gasteiger partial charge in [-0.25, -0.2) is 0 Å². The van der Waals surface area contributed by atoms with Gasteiger partial charge in [0.1, 0.15) is 5.76 Å². The third-order valence-electron chi connectivity index (χ3n) is 4.02. The zero-order chi connectivity index (χ0) is 13.1. The lowest BCUT2D eigenvalue weighted by Crippen LogP contribution is -2.48. The fraction of sp³-hybridized carbons (Fsp3) is 0.769. The van der Waals surface area contributed by atoms with Crippen molar-refractivity contribution in [3.8, 4) is 0 Å². The first kappa shape index (κ1) is 12.9. The van der Waals surface area contributed by atoms with E-state index in [1.807, 2.05) is 0 Å². The van der Waals surface area contributed by atoms with Crippen LogP contribution in [0.5, 0.6) is 0 Å². The molecule has 2 unspecified atom stereocenters. The zero-order valence-electron chi connectivity index (χ0n) is 11.1. The second-order valence-corrected chi connectivity index (χ2v) is 5.40. The van der Waals surface area contributed by atoms with Gasteiger partial charge in [0.2, 0.25) is 0 Å². The number of H-pyrrole nitrogens is 1. The molecule has 0 amide bonds. The van der Waals surface area contributed by atoms with E-state index in [1.54, 1.807) is 6.07 Å². The van der Waals surface area contributed by atoms with Crippen molar-refractivity contribution in [2.45, 2.75) is 24.8 Å². The predicted molar refractivity (Wildman–Crippen MR) is 70.4 cm³/mol. The van der Waals surface area contributed by atoms with Crippen LogP contribution in [0.2, 0.25) is 0 Å². The van der Waals surface area contributed by atoms with Crippen LogP contribution in [0.3, 0.4) is 0 Å². The predicted octanol–water partition coefficient (Wildman–Crippen LogP) is 0.136. The van der Waals surface area contributed by atoms with Gasteiger partial charge in [0, 0.05) is 37.7 Å². The number of ether oxygens (including phenoxy) is 1. The van der Waals surface area contributed by atoms with Crippen LogP contribution in [-0.4, -0.2) is 55.5 Å². The van der Waals surface area contributed by atoms with Gasteiger partial charge >= 0.3 is 0 Å². The van der Waals surface area contributed by atoms with Crippen LogP contribution in [-0.2, 0) is 4.74 Å². The maximum absolute atomic E-state index is 11.1. The van der Waals surface area contributed by atoms with Gasteiger partial charge in [-0.2, -0.15) is 5.16 Å². The van der Waals surface area contributed by atoms with Crippen LogP contribution >= 0.6 is 0 Å². The van der Waals surface area contributed by atoms with Crippen LogP contribution in [0.25, 0.3) is 0 Å². The number of nitrogens with one attached hydrogen (secondary N) is 2. The lowest BCUT2D eigenvalue weighted by molar-refractivity contribution is 0.0314. The molecule has 0 radical (unpaired) electrons. The topological polar surface area (TPSA) is 70.5 Å². The van der Waals surface area contributed by atoms with Crippen molar-refractivity contribution in [3.63, 3.8) is 0 Å². The van der Waals surface area contributed by atoms with Gasteiger partial charge in [0.15, 0.2) is 0 Å². The van der Waals surface area contributed by atoms with Gasteiger partial charge in [-0.3, -0.25) is 9.69 Å². The Bertz CT molecular complexity index is 450. The molecule has 106 valence electrons. The van der Waals surface area contributed by atoms with Crippen molar-refractivity contribution in [1.82, 2.24) is 15.4 Å². The minimum atomic E-state index is -0.140. The summed E-state index contributed by atoms with van der Waals surface area (Å²) in [6.07, 6.45) is 2.05. The number of aromatic amines is 1. The van der Waals surface area contributed by atoms with E-state index in [-0.39, 0.29) is 5.56 Å². The number of morpholine rings is 1. The molecule has 19 heavy (non-hydrogen) atoms. The summed E-state index contributed by atoms with van der Waals surface area (Å²) < 4.78 is 10.6. The Morgan fingerprint density at radius 1 is 1.37 bits per heavy atom. The Morgan fingerprint density at radius 2 is 2.21 bits per heavy atom. The normalized spacial score (nSPS) is 29.5. The highest BCUT2D eigenvalue weighted by Crippen LogP contribution is 2.26. The van der Waals surface area contributed by atoms with Gasteiger partial charge < -0.3 is 14.6 Å². The van der Waals surface area contributed by atoms with Gasteiger partial charge in [-0.15, -0.1) is 0 Å². The molecule has 1 aromatic rings. The molecule has 3 heterocycles. The molecule has 2 aliphatic rings. The fourth-order valence-corrected chi connectivity index (χ4v) is 3.00. The highest BCUT2D eigenvalue weighted by molar-refractivity contribution is 5.05. The summed E-state index contributed by atoms with van der Waals surface area (Å²) >= 11 is 0. The van der Waals surface area contributed by atoms with Crippen molar-refractivity contribution in [2.75, 3.05) is 39.4 Å². The lowest BCUT2D eigenvalue weighted by atomic mass is 9.90. The van der Waals surface area contributed by atoms with Crippen molar-refractivity contribution >= 4 is 0 Å². The van der Waals surface area contributed by atoms with E-state index >= 15 is 0 Å². The molecular weight excluding hydrogens is 246 g/mol. The number of hydrogen-bond acceptors (Lipinski definition) is 5. The summed E-state index contributed by atoms with van der Waals surface area (Å²) in [7, 11) is 0. The SMILES string of the molecule is O=c1cc(C2CCNC(CN3CCOCC3)C2)o[nH]1. The molecule has 2 fully saturated rings. The van der Waals surface area contributed by atoms with E-state index in [2.05, 4.69) is 15.4 Å². The van der Waals surface area contributed by atoms with E-state index in [0.29, 0.717) is 12.0 Å². The highest BCUT2D eigenvalue weighted by atomic mass is 16.5. The summed E-state index contributed by atoms with van der Waals surface area (Å²) in [4.78, 5) is 13.6. The Labute approximate surface area is 112 Å². The van der Waals surface area contributed by atoms with E-state index in [0.717, 1.165) is 58.0 Å². The van der Waals surface area contributed by atoms with Crippen molar-refractivity contribution in [3.05, 3.63) is 22.2 Å². The molecule has 3 rings (SSSR count). The van der Waals surface area contributed by atoms with Crippen molar-refractivity contribution < 1.29 is 9.26 Å². The second-order valence-electron chi connectivity index (χ2n) is 5.40. The van der Waals surface area contributed by atoms with Gasteiger partial charge in [-0.05, 0) is 19.4 Å².